The van der Waals surface area contributed by atoms with Gasteiger partial charge in [-0.3, -0.25) is 0 Å². The smallest absolute Gasteiger partial charge is 0.222 e. The maximum atomic E-state index is 5.60. The van der Waals surface area contributed by atoms with Crippen LogP contribution in [0.3, 0.4) is 0 Å². The molecule has 1 aliphatic rings. The van der Waals surface area contributed by atoms with Gasteiger partial charge in [-0.2, -0.15) is 5.10 Å². The van der Waals surface area contributed by atoms with Crippen molar-refractivity contribution in [3.8, 4) is 11.5 Å². The molecule has 2 aromatic carbocycles. The van der Waals surface area contributed by atoms with E-state index >= 15 is 0 Å². The number of hydrogen-bond acceptors (Lipinski definition) is 5. The largest absolute Gasteiger partial charge is 0.486 e. The summed E-state index contributed by atoms with van der Waals surface area (Å²) in [6, 6.07) is 13.7. The quantitative estimate of drug-likeness (QED) is 0.576. The van der Waals surface area contributed by atoms with Gasteiger partial charge in [0.2, 0.25) is 5.95 Å². The van der Waals surface area contributed by atoms with E-state index in [1.54, 1.807) is 0 Å². The van der Waals surface area contributed by atoms with Crippen molar-refractivity contribution < 1.29 is 9.47 Å². The van der Waals surface area contributed by atoms with Crippen molar-refractivity contribution in [2.75, 3.05) is 18.6 Å². The van der Waals surface area contributed by atoms with E-state index in [1.807, 2.05) is 49.4 Å². The Kier molecular flexibility index (Phi) is 3.34. The summed E-state index contributed by atoms with van der Waals surface area (Å²) in [7, 11) is 0. The summed E-state index contributed by atoms with van der Waals surface area (Å²) < 4.78 is 11.1. The molecule has 0 bridgehead atoms. The molecule has 0 unspecified atom stereocenters. The number of rotatable bonds is 3. The Hall–Kier alpha value is -3.02. The molecule has 6 heteroatoms. The van der Waals surface area contributed by atoms with E-state index in [4.69, 9.17) is 9.47 Å². The molecule has 0 saturated heterocycles. The highest BCUT2D eigenvalue weighted by Gasteiger charge is 2.12. The average Bonchev–Trinajstić information content (AvgIpc) is 3.02. The number of benzene rings is 2. The van der Waals surface area contributed by atoms with Crippen molar-refractivity contribution in [1.29, 1.82) is 0 Å². The predicted molar refractivity (Wildman–Crippen MR) is 89.4 cm³/mol. The molecule has 0 fully saturated rings. The van der Waals surface area contributed by atoms with Crippen molar-refractivity contribution in [1.82, 2.24) is 9.97 Å². The van der Waals surface area contributed by atoms with Crippen LogP contribution in [0.2, 0.25) is 0 Å². The van der Waals surface area contributed by atoms with Gasteiger partial charge in [0.25, 0.3) is 0 Å². The second kappa shape index (κ2) is 5.64. The molecule has 3 aromatic rings. The number of anilines is 1. The number of hydrazone groups is 1. The van der Waals surface area contributed by atoms with Crippen molar-refractivity contribution in [3.63, 3.8) is 0 Å². The fourth-order valence-electron chi connectivity index (χ4n) is 2.48. The van der Waals surface area contributed by atoms with E-state index in [-0.39, 0.29) is 0 Å². The lowest BCUT2D eigenvalue weighted by Gasteiger charge is -2.18. The normalized spacial score (nSPS) is 14.0. The third-order valence-electron chi connectivity index (χ3n) is 3.68. The molecule has 23 heavy (non-hydrogen) atoms. The van der Waals surface area contributed by atoms with Crippen molar-refractivity contribution in [2.24, 2.45) is 5.10 Å². The van der Waals surface area contributed by atoms with Gasteiger partial charge in [-0.25, -0.2) is 10.4 Å². The van der Waals surface area contributed by atoms with Crippen LogP contribution in [0, 0.1) is 0 Å². The van der Waals surface area contributed by atoms with Crippen LogP contribution < -0.4 is 14.9 Å². The standard InChI is InChI=1S/C17H16N4O2/c1-11(12-6-7-15-16(10-12)23-9-8-22-15)20-21-17-18-13-4-2-3-5-14(13)19-17/h2-7,10H,8-9H2,1H3,(H2,18,19,21)/b20-11+. The monoisotopic (exact) mass is 308 g/mol. The molecule has 1 aliphatic heterocycles. The van der Waals surface area contributed by atoms with Gasteiger partial charge < -0.3 is 14.5 Å². The fourth-order valence-corrected chi connectivity index (χ4v) is 2.48. The van der Waals surface area contributed by atoms with Crippen LogP contribution in [-0.2, 0) is 0 Å². The molecule has 4 rings (SSSR count). The second-order valence-electron chi connectivity index (χ2n) is 5.27. The Morgan fingerprint density at radius 3 is 2.83 bits per heavy atom. The van der Waals surface area contributed by atoms with E-state index in [0.717, 1.165) is 33.8 Å². The third kappa shape index (κ3) is 2.70. The van der Waals surface area contributed by atoms with E-state index in [1.165, 1.54) is 0 Å². The fraction of sp³-hybridized carbons (Fsp3) is 0.176. The highest BCUT2D eigenvalue weighted by Crippen LogP contribution is 2.30. The molecule has 0 radical (unpaired) electrons. The Balaban J connectivity index is 1.56. The molecular formula is C17H16N4O2. The van der Waals surface area contributed by atoms with Crippen molar-refractivity contribution in [3.05, 3.63) is 48.0 Å². The first-order valence-electron chi connectivity index (χ1n) is 7.45. The number of ether oxygens (including phenoxy) is 2. The molecule has 1 aromatic heterocycles. The minimum Gasteiger partial charge on any atom is -0.486 e. The van der Waals surface area contributed by atoms with Gasteiger partial charge in [0.15, 0.2) is 11.5 Å². The SMILES string of the molecule is C/C(=N\Nc1nc2ccccc2[nH]1)c1ccc2c(c1)OCCO2. The van der Waals surface area contributed by atoms with Gasteiger partial charge in [0.05, 0.1) is 16.7 Å². The summed E-state index contributed by atoms with van der Waals surface area (Å²) >= 11 is 0. The van der Waals surface area contributed by atoms with Gasteiger partial charge in [0.1, 0.15) is 13.2 Å². The topological polar surface area (TPSA) is 71.5 Å². The first-order valence-corrected chi connectivity index (χ1v) is 7.45. The second-order valence-corrected chi connectivity index (χ2v) is 5.27. The zero-order valence-electron chi connectivity index (χ0n) is 12.7. The van der Waals surface area contributed by atoms with Crippen LogP contribution >= 0.6 is 0 Å². The predicted octanol–water partition coefficient (Wildman–Crippen LogP) is 3.17. The van der Waals surface area contributed by atoms with Crippen LogP contribution in [0.15, 0.2) is 47.6 Å². The number of imidazole rings is 1. The van der Waals surface area contributed by atoms with Gasteiger partial charge >= 0.3 is 0 Å². The molecule has 0 atom stereocenters. The lowest BCUT2D eigenvalue weighted by molar-refractivity contribution is 0.171. The lowest BCUT2D eigenvalue weighted by atomic mass is 10.1. The molecule has 116 valence electrons. The highest BCUT2D eigenvalue weighted by atomic mass is 16.6. The summed E-state index contributed by atoms with van der Waals surface area (Å²) in [5, 5.41) is 4.39. The number of H-pyrrole nitrogens is 1. The zero-order valence-corrected chi connectivity index (χ0v) is 12.7. The summed E-state index contributed by atoms with van der Waals surface area (Å²) in [6.45, 7) is 3.10. The van der Waals surface area contributed by atoms with Gasteiger partial charge in [-0.05, 0) is 37.3 Å². The highest BCUT2D eigenvalue weighted by molar-refractivity contribution is 5.99. The van der Waals surface area contributed by atoms with E-state index in [2.05, 4.69) is 20.5 Å². The molecule has 2 heterocycles. The Labute approximate surface area is 133 Å². The zero-order chi connectivity index (χ0) is 15.6. The number of hydrogen-bond donors (Lipinski definition) is 2. The van der Waals surface area contributed by atoms with Crippen LogP contribution in [0.1, 0.15) is 12.5 Å². The first kappa shape index (κ1) is 13.6. The van der Waals surface area contributed by atoms with Crippen LogP contribution in [0.5, 0.6) is 11.5 Å². The summed E-state index contributed by atoms with van der Waals surface area (Å²) in [6.07, 6.45) is 0. The number of aromatic nitrogens is 2. The molecule has 2 N–H and O–H groups in total. The van der Waals surface area contributed by atoms with Crippen molar-refractivity contribution >= 4 is 22.7 Å². The summed E-state index contributed by atoms with van der Waals surface area (Å²) in [4.78, 5) is 7.61. The minimum atomic E-state index is 0.573. The van der Waals surface area contributed by atoms with Crippen LogP contribution in [-0.4, -0.2) is 28.9 Å². The third-order valence-corrected chi connectivity index (χ3v) is 3.68. The minimum absolute atomic E-state index is 0.573. The Morgan fingerprint density at radius 1 is 1.13 bits per heavy atom. The molecule has 6 nitrogen and oxygen atoms in total. The molecule has 0 saturated carbocycles. The van der Waals surface area contributed by atoms with E-state index < -0.39 is 0 Å². The molecule has 0 spiro atoms. The number of fused-ring (bicyclic) bond motifs is 2. The van der Waals surface area contributed by atoms with Crippen LogP contribution in [0.4, 0.5) is 5.95 Å². The van der Waals surface area contributed by atoms with Gasteiger partial charge in [0, 0.05) is 5.56 Å². The summed E-state index contributed by atoms with van der Waals surface area (Å²) in [5.41, 5.74) is 6.65. The molecule has 0 aliphatic carbocycles. The van der Waals surface area contributed by atoms with E-state index in [9.17, 15) is 0 Å². The first-order chi connectivity index (χ1) is 11.3. The average molecular weight is 308 g/mol. The maximum Gasteiger partial charge on any atom is 0.222 e. The van der Waals surface area contributed by atoms with Gasteiger partial charge in [-0.15, -0.1) is 0 Å². The maximum absolute atomic E-state index is 5.60. The molecular weight excluding hydrogens is 292 g/mol. The Bertz CT molecular complexity index is 852. The summed E-state index contributed by atoms with van der Waals surface area (Å²) in [5.74, 6) is 2.15. The van der Waals surface area contributed by atoms with E-state index in [0.29, 0.717) is 19.2 Å². The van der Waals surface area contributed by atoms with Crippen LogP contribution in [0.25, 0.3) is 11.0 Å². The Morgan fingerprint density at radius 2 is 1.96 bits per heavy atom. The van der Waals surface area contributed by atoms with Gasteiger partial charge in [-0.1, -0.05) is 12.1 Å². The number of nitrogens with zero attached hydrogens (tertiary/aromatic N) is 2. The number of nitrogens with one attached hydrogen (secondary N) is 2. The number of aromatic amines is 1. The molecule has 0 amide bonds. The lowest BCUT2D eigenvalue weighted by Crippen LogP contribution is -2.15. The number of para-hydroxylation sites is 2. The van der Waals surface area contributed by atoms with Crippen molar-refractivity contribution in [2.45, 2.75) is 6.92 Å².